The zero-order valence-electron chi connectivity index (χ0n) is 14.1. The fourth-order valence-electron chi connectivity index (χ4n) is 1.96. The van der Waals surface area contributed by atoms with E-state index in [-0.39, 0.29) is 17.0 Å². The van der Waals surface area contributed by atoms with Crippen LogP contribution in [0.25, 0.3) is 0 Å². The lowest BCUT2D eigenvalue weighted by molar-refractivity contribution is 0.319. The minimum absolute atomic E-state index is 0. The molecule has 1 heterocycles. The monoisotopic (exact) mass is 394 g/mol. The number of guanidine groups is 1. The van der Waals surface area contributed by atoms with Crippen LogP contribution in [0, 0.1) is 0 Å². The SMILES string of the molecule is Br.CCOc1ccccc1Oc1ccc(CNC(=NC)NC)cn1. The lowest BCUT2D eigenvalue weighted by atomic mass is 10.3. The average molecular weight is 395 g/mol. The molecule has 0 bridgehead atoms. The highest BCUT2D eigenvalue weighted by molar-refractivity contribution is 8.93. The third-order valence-electron chi connectivity index (χ3n) is 3.08. The predicted octanol–water partition coefficient (Wildman–Crippen LogP) is 3.15. The van der Waals surface area contributed by atoms with Gasteiger partial charge in [0, 0.05) is 32.9 Å². The molecule has 0 aliphatic heterocycles. The number of hydrogen-bond acceptors (Lipinski definition) is 4. The van der Waals surface area contributed by atoms with Gasteiger partial charge >= 0.3 is 0 Å². The molecule has 0 spiro atoms. The molecule has 7 heteroatoms. The van der Waals surface area contributed by atoms with Crippen LogP contribution in [-0.4, -0.2) is 31.6 Å². The molecule has 1 aromatic heterocycles. The number of halogens is 1. The molecule has 24 heavy (non-hydrogen) atoms. The summed E-state index contributed by atoms with van der Waals surface area (Å²) in [6, 6.07) is 11.3. The number of aliphatic imine (C=N–C) groups is 1. The van der Waals surface area contributed by atoms with Gasteiger partial charge in [-0.25, -0.2) is 4.98 Å². The van der Waals surface area contributed by atoms with Crippen molar-refractivity contribution >= 4 is 22.9 Å². The third kappa shape index (κ3) is 5.73. The van der Waals surface area contributed by atoms with E-state index >= 15 is 0 Å². The Labute approximate surface area is 153 Å². The van der Waals surface area contributed by atoms with Crippen LogP contribution in [0.15, 0.2) is 47.6 Å². The molecule has 1 aromatic carbocycles. The van der Waals surface area contributed by atoms with Gasteiger partial charge in [0.05, 0.1) is 6.61 Å². The highest BCUT2D eigenvalue weighted by Crippen LogP contribution is 2.30. The van der Waals surface area contributed by atoms with Gasteiger partial charge in [0.1, 0.15) is 0 Å². The molecule has 2 aromatic rings. The minimum atomic E-state index is 0. The van der Waals surface area contributed by atoms with Crippen molar-refractivity contribution in [2.45, 2.75) is 13.5 Å². The standard InChI is InChI=1S/C17H22N4O2.BrH/c1-4-22-14-7-5-6-8-15(14)23-16-10-9-13(11-20-16)12-21-17(18-2)19-3;/h5-11H,4,12H2,1-3H3,(H2,18,19,21);1H. The van der Waals surface area contributed by atoms with Crippen LogP contribution in [0.4, 0.5) is 0 Å². The van der Waals surface area contributed by atoms with Crippen molar-refractivity contribution < 1.29 is 9.47 Å². The summed E-state index contributed by atoms with van der Waals surface area (Å²) in [6.07, 6.45) is 1.77. The molecule has 2 rings (SSSR count). The van der Waals surface area contributed by atoms with Gasteiger partial charge in [0.25, 0.3) is 0 Å². The number of pyridine rings is 1. The van der Waals surface area contributed by atoms with Crippen molar-refractivity contribution in [3.8, 4) is 17.4 Å². The van der Waals surface area contributed by atoms with Crippen molar-refractivity contribution in [2.75, 3.05) is 20.7 Å². The summed E-state index contributed by atoms with van der Waals surface area (Å²) in [7, 11) is 3.55. The van der Waals surface area contributed by atoms with Crippen LogP contribution < -0.4 is 20.1 Å². The van der Waals surface area contributed by atoms with Gasteiger partial charge in [-0.3, -0.25) is 4.99 Å². The van der Waals surface area contributed by atoms with Gasteiger partial charge < -0.3 is 20.1 Å². The van der Waals surface area contributed by atoms with E-state index in [0.29, 0.717) is 30.5 Å². The van der Waals surface area contributed by atoms with Crippen molar-refractivity contribution in [1.29, 1.82) is 0 Å². The number of rotatable bonds is 6. The summed E-state index contributed by atoms with van der Waals surface area (Å²) in [4.78, 5) is 8.38. The number of ether oxygens (including phenoxy) is 2. The number of aromatic nitrogens is 1. The lowest BCUT2D eigenvalue weighted by Gasteiger charge is -2.11. The fourth-order valence-corrected chi connectivity index (χ4v) is 1.96. The summed E-state index contributed by atoms with van der Waals surface area (Å²) in [5.41, 5.74) is 1.03. The maximum absolute atomic E-state index is 5.79. The maximum atomic E-state index is 5.79. The quantitative estimate of drug-likeness (QED) is 0.581. The minimum Gasteiger partial charge on any atom is -0.490 e. The van der Waals surface area contributed by atoms with Crippen LogP contribution in [0.2, 0.25) is 0 Å². The molecule has 2 N–H and O–H groups in total. The van der Waals surface area contributed by atoms with Gasteiger partial charge in [-0.15, -0.1) is 17.0 Å². The van der Waals surface area contributed by atoms with E-state index in [0.717, 1.165) is 11.5 Å². The van der Waals surface area contributed by atoms with Gasteiger partial charge in [0.2, 0.25) is 5.88 Å². The second-order valence-electron chi connectivity index (χ2n) is 4.66. The van der Waals surface area contributed by atoms with E-state index in [9.17, 15) is 0 Å². The number of hydrogen-bond donors (Lipinski definition) is 2. The lowest BCUT2D eigenvalue weighted by Crippen LogP contribution is -2.34. The molecule has 0 atom stereocenters. The van der Waals surface area contributed by atoms with Crippen LogP contribution in [-0.2, 0) is 6.54 Å². The summed E-state index contributed by atoms with van der Waals surface area (Å²) in [5.74, 6) is 2.62. The Morgan fingerprint density at radius 3 is 2.50 bits per heavy atom. The Hall–Kier alpha value is -2.28. The number of para-hydroxylation sites is 2. The second kappa shape index (κ2) is 10.5. The molecule has 0 saturated carbocycles. The maximum Gasteiger partial charge on any atom is 0.219 e. The average Bonchev–Trinajstić information content (AvgIpc) is 2.59. The highest BCUT2D eigenvalue weighted by Gasteiger charge is 2.06. The first-order chi connectivity index (χ1) is 11.3. The molecular weight excluding hydrogens is 372 g/mol. The Balaban J connectivity index is 0.00000288. The van der Waals surface area contributed by atoms with E-state index in [2.05, 4.69) is 20.6 Å². The van der Waals surface area contributed by atoms with E-state index in [1.807, 2.05) is 50.4 Å². The fraction of sp³-hybridized carbons (Fsp3) is 0.294. The predicted molar refractivity (Wildman–Crippen MR) is 102 cm³/mol. The van der Waals surface area contributed by atoms with Gasteiger partial charge in [-0.05, 0) is 24.6 Å². The molecule has 0 unspecified atom stereocenters. The first kappa shape index (κ1) is 19.8. The zero-order valence-corrected chi connectivity index (χ0v) is 15.8. The highest BCUT2D eigenvalue weighted by atomic mass is 79.9. The van der Waals surface area contributed by atoms with E-state index in [4.69, 9.17) is 9.47 Å². The van der Waals surface area contributed by atoms with Crippen molar-refractivity contribution in [2.24, 2.45) is 4.99 Å². The van der Waals surface area contributed by atoms with Crippen LogP contribution in [0.3, 0.4) is 0 Å². The summed E-state index contributed by atoms with van der Waals surface area (Å²) in [6.45, 7) is 3.16. The largest absolute Gasteiger partial charge is 0.490 e. The first-order valence-electron chi connectivity index (χ1n) is 7.49. The van der Waals surface area contributed by atoms with Crippen LogP contribution in [0.5, 0.6) is 17.4 Å². The molecule has 0 fully saturated rings. The van der Waals surface area contributed by atoms with Crippen molar-refractivity contribution in [3.05, 3.63) is 48.2 Å². The summed E-state index contributed by atoms with van der Waals surface area (Å²) in [5, 5.41) is 6.13. The molecule has 0 amide bonds. The number of nitrogens with one attached hydrogen (secondary N) is 2. The molecule has 6 nitrogen and oxygen atoms in total. The van der Waals surface area contributed by atoms with Gasteiger partial charge in [-0.2, -0.15) is 0 Å². The van der Waals surface area contributed by atoms with E-state index < -0.39 is 0 Å². The van der Waals surface area contributed by atoms with Crippen molar-refractivity contribution in [3.63, 3.8) is 0 Å². The third-order valence-corrected chi connectivity index (χ3v) is 3.08. The molecule has 0 radical (unpaired) electrons. The second-order valence-corrected chi connectivity index (χ2v) is 4.66. The molecular formula is C17H23BrN4O2. The molecule has 0 aliphatic carbocycles. The Morgan fingerprint density at radius 2 is 1.92 bits per heavy atom. The summed E-state index contributed by atoms with van der Waals surface area (Å²) >= 11 is 0. The van der Waals surface area contributed by atoms with Crippen molar-refractivity contribution in [1.82, 2.24) is 15.6 Å². The smallest absolute Gasteiger partial charge is 0.219 e. The Kier molecular flexibility index (Phi) is 8.64. The first-order valence-corrected chi connectivity index (χ1v) is 7.49. The number of nitrogens with zero attached hydrogens (tertiary/aromatic N) is 2. The molecule has 130 valence electrons. The molecule has 0 aliphatic rings. The van der Waals surface area contributed by atoms with E-state index in [1.165, 1.54) is 0 Å². The van der Waals surface area contributed by atoms with Gasteiger partial charge in [-0.1, -0.05) is 18.2 Å². The Morgan fingerprint density at radius 1 is 1.17 bits per heavy atom. The van der Waals surface area contributed by atoms with Crippen LogP contribution >= 0.6 is 17.0 Å². The summed E-state index contributed by atoms with van der Waals surface area (Å²) < 4.78 is 11.3. The topological polar surface area (TPSA) is 67.8 Å². The van der Waals surface area contributed by atoms with E-state index in [1.54, 1.807) is 13.2 Å². The number of benzene rings is 1. The molecule has 0 saturated heterocycles. The zero-order chi connectivity index (χ0) is 16.5. The normalized spacial score (nSPS) is 10.5. The Bertz CT molecular complexity index is 647. The van der Waals surface area contributed by atoms with Gasteiger partial charge in [0.15, 0.2) is 17.5 Å². The van der Waals surface area contributed by atoms with Crippen LogP contribution in [0.1, 0.15) is 12.5 Å².